The van der Waals surface area contributed by atoms with Gasteiger partial charge in [-0.3, -0.25) is 0 Å². The Morgan fingerprint density at radius 1 is 1.40 bits per heavy atom. The largest absolute Gasteiger partial charge is 0.476 e. The Labute approximate surface area is 110 Å². The number of carbonyl (C=O) groups is 1. The van der Waals surface area contributed by atoms with Crippen molar-refractivity contribution in [2.24, 2.45) is 0 Å². The smallest absolute Gasteiger partial charge is 0.435 e. The van der Waals surface area contributed by atoms with E-state index in [2.05, 4.69) is 15.3 Å². The van der Waals surface area contributed by atoms with Crippen molar-refractivity contribution in [3.63, 3.8) is 0 Å². The molecule has 0 spiro atoms. The lowest BCUT2D eigenvalue weighted by Crippen LogP contribution is -2.19. The number of nitrogens with zero attached hydrogens (tertiary/aromatic N) is 4. The van der Waals surface area contributed by atoms with Crippen molar-refractivity contribution in [1.29, 1.82) is 0 Å². The van der Waals surface area contributed by atoms with Gasteiger partial charge in [-0.25, -0.2) is 14.5 Å². The maximum atomic E-state index is 12.9. The third-order valence-corrected chi connectivity index (χ3v) is 2.56. The monoisotopic (exact) mass is 290 g/mol. The van der Waals surface area contributed by atoms with Crippen LogP contribution in [0.2, 0.25) is 0 Å². The van der Waals surface area contributed by atoms with Gasteiger partial charge in [0, 0.05) is 0 Å². The fraction of sp³-hybridized carbons (Fsp3) is 0.400. The summed E-state index contributed by atoms with van der Waals surface area (Å²) >= 11 is 0. The Morgan fingerprint density at radius 2 is 2.05 bits per heavy atom. The molecule has 20 heavy (non-hydrogen) atoms. The van der Waals surface area contributed by atoms with Gasteiger partial charge in [0.2, 0.25) is 11.6 Å². The lowest BCUT2D eigenvalue weighted by atomic mass is 10.3. The molecule has 108 valence electrons. The summed E-state index contributed by atoms with van der Waals surface area (Å²) in [5, 5.41) is 14.9. The van der Waals surface area contributed by atoms with Gasteiger partial charge in [-0.1, -0.05) is 5.21 Å². The number of hydrogen-bond donors (Lipinski definition) is 1. The van der Waals surface area contributed by atoms with Crippen molar-refractivity contribution in [1.82, 2.24) is 20.0 Å². The average molecular weight is 290 g/mol. The molecule has 0 aromatic carbocycles. The number of oxazole rings is 1. The molecule has 1 N–H and O–H groups in total. The quantitative estimate of drug-likeness (QED) is 0.923. The number of aryl methyl sites for hydroxylation is 2. The van der Waals surface area contributed by atoms with E-state index in [-0.39, 0.29) is 5.89 Å². The number of carboxylic acid groups (broad SMARTS) is 1. The van der Waals surface area contributed by atoms with Gasteiger partial charge in [0.15, 0.2) is 5.69 Å². The molecule has 7 nitrogen and oxygen atoms in total. The van der Waals surface area contributed by atoms with Gasteiger partial charge in [0.05, 0.1) is 5.69 Å². The molecule has 2 aromatic rings. The number of alkyl halides is 3. The van der Waals surface area contributed by atoms with Gasteiger partial charge in [-0.15, -0.1) is 5.10 Å². The van der Waals surface area contributed by atoms with Gasteiger partial charge in [0.25, 0.3) is 0 Å². The highest BCUT2D eigenvalue weighted by Gasteiger charge is 2.41. The van der Waals surface area contributed by atoms with Crippen LogP contribution in [0.4, 0.5) is 13.2 Å². The van der Waals surface area contributed by atoms with E-state index >= 15 is 0 Å². The molecule has 0 aliphatic rings. The minimum absolute atomic E-state index is 0.00709. The Kier molecular flexibility index (Phi) is 3.24. The molecule has 2 heterocycles. The molecule has 0 amide bonds. The predicted molar refractivity (Wildman–Crippen MR) is 57.1 cm³/mol. The normalized spacial score (nSPS) is 11.8. The third-order valence-electron chi connectivity index (χ3n) is 2.56. The summed E-state index contributed by atoms with van der Waals surface area (Å²) in [5.74, 6) is -1.34. The first-order chi connectivity index (χ1) is 9.20. The SMILES string of the molecule is Cc1nc(Cn2nnc(C(=O)O)c2C(F)(F)F)oc1C. The second-order valence-electron chi connectivity index (χ2n) is 4.00. The van der Waals surface area contributed by atoms with Crippen LogP contribution in [0.15, 0.2) is 4.42 Å². The van der Waals surface area contributed by atoms with Crippen LogP contribution >= 0.6 is 0 Å². The van der Waals surface area contributed by atoms with Gasteiger partial charge < -0.3 is 9.52 Å². The van der Waals surface area contributed by atoms with Gasteiger partial charge >= 0.3 is 12.1 Å². The van der Waals surface area contributed by atoms with E-state index in [4.69, 9.17) is 9.52 Å². The number of carboxylic acids is 1. The molecule has 10 heteroatoms. The van der Waals surface area contributed by atoms with Gasteiger partial charge in [-0.2, -0.15) is 13.2 Å². The average Bonchev–Trinajstić information content (AvgIpc) is 2.83. The number of hydrogen-bond acceptors (Lipinski definition) is 5. The topological polar surface area (TPSA) is 94.0 Å². The van der Waals surface area contributed by atoms with Crippen LogP contribution in [0.25, 0.3) is 0 Å². The second-order valence-corrected chi connectivity index (χ2v) is 4.00. The van der Waals surface area contributed by atoms with Crippen LogP contribution < -0.4 is 0 Å². The third kappa shape index (κ3) is 2.49. The van der Waals surface area contributed by atoms with Crippen LogP contribution in [0, 0.1) is 13.8 Å². The van der Waals surface area contributed by atoms with E-state index in [0.29, 0.717) is 16.1 Å². The maximum absolute atomic E-state index is 12.9. The number of aromatic nitrogens is 4. The summed E-state index contributed by atoms with van der Waals surface area (Å²) < 4.78 is 44.2. The summed E-state index contributed by atoms with van der Waals surface area (Å²) in [6, 6.07) is 0. The Balaban J connectivity index is 2.44. The first-order valence-electron chi connectivity index (χ1n) is 5.37. The van der Waals surface area contributed by atoms with Crippen molar-refractivity contribution in [3.8, 4) is 0 Å². The molecule has 0 fully saturated rings. The Morgan fingerprint density at radius 3 is 2.50 bits per heavy atom. The highest BCUT2D eigenvalue weighted by molar-refractivity contribution is 5.86. The van der Waals surface area contributed by atoms with Crippen LogP contribution in [-0.2, 0) is 12.7 Å². The van der Waals surface area contributed by atoms with Crippen LogP contribution in [0.1, 0.15) is 33.5 Å². The first kappa shape index (κ1) is 14.0. The standard InChI is InChI=1S/C10H9F3N4O3/c1-4-5(2)20-6(14-4)3-17-8(10(11,12)13)7(9(18)19)15-16-17/h3H2,1-2H3,(H,18,19). The van der Waals surface area contributed by atoms with Crippen molar-refractivity contribution in [2.75, 3.05) is 0 Å². The lowest BCUT2D eigenvalue weighted by molar-refractivity contribution is -0.144. The summed E-state index contributed by atoms with van der Waals surface area (Å²) in [7, 11) is 0. The molecule has 2 aromatic heterocycles. The fourth-order valence-corrected chi connectivity index (χ4v) is 1.58. The van der Waals surface area contributed by atoms with E-state index in [9.17, 15) is 18.0 Å². The fourth-order valence-electron chi connectivity index (χ4n) is 1.58. The molecular weight excluding hydrogens is 281 g/mol. The summed E-state index contributed by atoms with van der Waals surface area (Å²) in [6.07, 6.45) is -4.89. The highest BCUT2D eigenvalue weighted by atomic mass is 19.4. The Bertz CT molecular complexity index is 640. The first-order valence-corrected chi connectivity index (χ1v) is 5.37. The molecule has 0 atom stereocenters. The molecule has 0 aliphatic carbocycles. The van der Waals surface area contributed by atoms with Gasteiger partial charge in [-0.05, 0) is 13.8 Å². The zero-order valence-corrected chi connectivity index (χ0v) is 10.4. The molecule has 0 saturated heterocycles. The molecule has 0 aliphatic heterocycles. The van der Waals surface area contributed by atoms with E-state index in [0.717, 1.165) is 0 Å². The van der Waals surface area contributed by atoms with E-state index in [1.807, 2.05) is 0 Å². The molecule has 2 rings (SSSR count). The lowest BCUT2D eigenvalue weighted by Gasteiger charge is -2.08. The van der Waals surface area contributed by atoms with Crippen molar-refractivity contribution < 1.29 is 27.5 Å². The zero-order chi connectivity index (χ0) is 15.1. The molecule has 0 saturated carbocycles. The van der Waals surface area contributed by atoms with Crippen LogP contribution in [-0.4, -0.2) is 31.1 Å². The number of halogens is 3. The van der Waals surface area contributed by atoms with E-state index in [1.165, 1.54) is 0 Å². The maximum Gasteiger partial charge on any atom is 0.435 e. The van der Waals surface area contributed by atoms with E-state index in [1.54, 1.807) is 13.8 Å². The highest BCUT2D eigenvalue weighted by Crippen LogP contribution is 2.31. The summed E-state index contributed by atoms with van der Waals surface area (Å²) in [6.45, 7) is 2.79. The van der Waals surface area contributed by atoms with Crippen LogP contribution in [0.3, 0.4) is 0 Å². The molecular formula is C10H9F3N4O3. The van der Waals surface area contributed by atoms with Crippen molar-refractivity contribution in [3.05, 3.63) is 28.7 Å². The molecule has 0 bridgehead atoms. The van der Waals surface area contributed by atoms with Crippen molar-refractivity contribution in [2.45, 2.75) is 26.6 Å². The molecule has 0 unspecified atom stereocenters. The zero-order valence-electron chi connectivity index (χ0n) is 10.4. The summed E-state index contributed by atoms with van der Waals surface area (Å²) in [4.78, 5) is 14.7. The predicted octanol–water partition coefficient (Wildman–Crippen LogP) is 1.65. The van der Waals surface area contributed by atoms with Crippen molar-refractivity contribution >= 4 is 5.97 Å². The van der Waals surface area contributed by atoms with Gasteiger partial charge in [0.1, 0.15) is 12.3 Å². The number of aromatic carboxylic acids is 1. The Hall–Kier alpha value is -2.39. The number of rotatable bonds is 3. The second kappa shape index (κ2) is 4.62. The summed E-state index contributed by atoms with van der Waals surface area (Å²) in [5.41, 5.74) is -2.07. The van der Waals surface area contributed by atoms with Crippen LogP contribution in [0.5, 0.6) is 0 Å². The minimum atomic E-state index is -4.89. The minimum Gasteiger partial charge on any atom is -0.476 e. The molecule has 0 radical (unpaired) electrons. The van der Waals surface area contributed by atoms with E-state index < -0.39 is 30.1 Å².